The first-order valence-electron chi connectivity index (χ1n) is 8.69. The van der Waals surface area contributed by atoms with E-state index in [4.69, 9.17) is 9.84 Å². The van der Waals surface area contributed by atoms with Gasteiger partial charge in [0.05, 0.1) is 18.2 Å². The van der Waals surface area contributed by atoms with E-state index in [-0.39, 0.29) is 11.4 Å². The predicted octanol–water partition coefficient (Wildman–Crippen LogP) is 3.09. The van der Waals surface area contributed by atoms with Crippen molar-refractivity contribution in [2.24, 2.45) is 0 Å². The fourth-order valence-corrected chi connectivity index (χ4v) is 3.00. The molecule has 144 valence electrons. The number of aromatic nitrogens is 3. The van der Waals surface area contributed by atoms with Crippen LogP contribution in [0.25, 0.3) is 22.6 Å². The second-order valence-corrected chi connectivity index (χ2v) is 6.16. The van der Waals surface area contributed by atoms with Crippen molar-refractivity contribution in [3.05, 3.63) is 76.9 Å². The lowest BCUT2D eigenvalue weighted by Gasteiger charge is -2.13. The summed E-state index contributed by atoms with van der Waals surface area (Å²) in [7, 11) is 1.49. The maximum absolute atomic E-state index is 13.0. The maximum atomic E-state index is 13.0. The molecule has 0 aliphatic carbocycles. The number of ether oxygens (including phenoxy) is 1. The Balaban J connectivity index is 1.91. The Morgan fingerprint density at radius 2 is 2.10 bits per heavy atom. The van der Waals surface area contributed by atoms with E-state index in [9.17, 15) is 9.59 Å². The van der Waals surface area contributed by atoms with Gasteiger partial charge in [-0.3, -0.25) is 14.2 Å². The number of carbonyl (C=O) groups is 1. The number of rotatable bonds is 5. The highest BCUT2D eigenvalue weighted by Crippen LogP contribution is 2.24. The molecule has 0 spiro atoms. The summed E-state index contributed by atoms with van der Waals surface area (Å²) in [6, 6.07) is 12.6. The Bertz CT molecular complexity index is 1330. The van der Waals surface area contributed by atoms with E-state index in [2.05, 4.69) is 15.3 Å². The molecular weight excluding hydrogens is 372 g/mol. The highest BCUT2D eigenvalue weighted by molar-refractivity contribution is 5.88. The number of pyridine rings is 2. The molecule has 1 aromatic carbocycles. The minimum Gasteiger partial charge on any atom is -0.493 e. The predicted molar refractivity (Wildman–Crippen MR) is 110 cm³/mol. The first-order valence-corrected chi connectivity index (χ1v) is 8.69. The molecule has 8 nitrogen and oxygen atoms in total. The fraction of sp³-hybridized carbons (Fsp3) is 0.0476. The third-order valence-corrected chi connectivity index (χ3v) is 4.33. The van der Waals surface area contributed by atoms with E-state index in [1.807, 2.05) is 30.3 Å². The zero-order chi connectivity index (χ0) is 20.4. The Hall–Kier alpha value is -4.20. The van der Waals surface area contributed by atoms with Gasteiger partial charge >= 0.3 is 5.97 Å². The minimum absolute atomic E-state index is 0.115. The molecule has 0 unspecified atom stereocenters. The minimum atomic E-state index is -1.16. The van der Waals surface area contributed by atoms with Gasteiger partial charge in [0.15, 0.2) is 11.4 Å². The molecule has 4 rings (SSSR count). The summed E-state index contributed by atoms with van der Waals surface area (Å²) in [6.07, 6.45) is 5.40. The van der Waals surface area contributed by atoms with Gasteiger partial charge in [0.1, 0.15) is 5.82 Å². The molecule has 0 radical (unpaired) electrons. The highest BCUT2D eigenvalue weighted by atomic mass is 16.5. The number of anilines is 2. The van der Waals surface area contributed by atoms with Gasteiger partial charge in [-0.2, -0.15) is 0 Å². The largest absolute Gasteiger partial charge is 0.493 e. The van der Waals surface area contributed by atoms with Gasteiger partial charge in [-0.05, 0) is 42.5 Å². The molecule has 0 saturated heterocycles. The average Bonchev–Trinajstić information content (AvgIpc) is 2.73. The molecular formula is C21H16N4O4. The van der Waals surface area contributed by atoms with Gasteiger partial charge in [-0.1, -0.05) is 6.07 Å². The molecule has 8 heteroatoms. The summed E-state index contributed by atoms with van der Waals surface area (Å²) in [4.78, 5) is 32.8. The number of hydrogen-bond acceptors (Lipinski definition) is 6. The van der Waals surface area contributed by atoms with E-state index < -0.39 is 11.5 Å². The first kappa shape index (κ1) is 18.2. The number of carboxylic acid groups (broad SMARTS) is 1. The van der Waals surface area contributed by atoms with Crippen LogP contribution >= 0.6 is 0 Å². The van der Waals surface area contributed by atoms with Crippen molar-refractivity contribution >= 4 is 40.1 Å². The number of hydrogen-bond donors (Lipinski definition) is 2. The third kappa shape index (κ3) is 3.51. The summed E-state index contributed by atoms with van der Waals surface area (Å²) in [5.41, 5.74) is 1.53. The number of nitrogens with one attached hydrogen (secondary N) is 1. The molecule has 29 heavy (non-hydrogen) atoms. The van der Waals surface area contributed by atoms with E-state index in [1.165, 1.54) is 17.6 Å². The SMILES string of the molecule is COc1cccn2c(=O)c(C=CC(=O)O)c(Nc3ccc4ncccc4c3)nc12. The average molecular weight is 388 g/mol. The van der Waals surface area contributed by atoms with Crippen molar-refractivity contribution in [2.45, 2.75) is 0 Å². The van der Waals surface area contributed by atoms with Crippen LogP contribution in [-0.2, 0) is 4.79 Å². The zero-order valence-corrected chi connectivity index (χ0v) is 15.4. The van der Waals surface area contributed by atoms with Gasteiger partial charge in [0.25, 0.3) is 5.56 Å². The van der Waals surface area contributed by atoms with Crippen molar-refractivity contribution in [3.63, 3.8) is 0 Å². The number of carboxylic acids is 1. The van der Waals surface area contributed by atoms with Crippen LogP contribution in [-0.4, -0.2) is 32.6 Å². The van der Waals surface area contributed by atoms with Gasteiger partial charge in [-0.25, -0.2) is 9.78 Å². The molecule has 0 aliphatic heterocycles. The van der Waals surface area contributed by atoms with Crippen molar-refractivity contribution in [1.29, 1.82) is 0 Å². The summed E-state index contributed by atoms with van der Waals surface area (Å²) in [5.74, 6) is -0.521. The van der Waals surface area contributed by atoms with Crippen LogP contribution in [0, 0.1) is 0 Å². The number of fused-ring (bicyclic) bond motifs is 2. The molecule has 0 saturated carbocycles. The maximum Gasteiger partial charge on any atom is 0.328 e. The van der Waals surface area contributed by atoms with Crippen molar-refractivity contribution in [1.82, 2.24) is 14.4 Å². The first-order chi connectivity index (χ1) is 14.1. The third-order valence-electron chi connectivity index (χ3n) is 4.33. The number of benzene rings is 1. The monoisotopic (exact) mass is 388 g/mol. The van der Waals surface area contributed by atoms with Crippen LogP contribution in [0.3, 0.4) is 0 Å². The molecule has 3 aromatic heterocycles. The van der Waals surface area contributed by atoms with E-state index >= 15 is 0 Å². The Labute approximate surface area is 164 Å². The molecule has 0 amide bonds. The normalized spacial score (nSPS) is 11.2. The lowest BCUT2D eigenvalue weighted by Crippen LogP contribution is -2.20. The zero-order valence-electron chi connectivity index (χ0n) is 15.4. The summed E-state index contributed by atoms with van der Waals surface area (Å²) < 4.78 is 6.63. The number of nitrogens with zero attached hydrogens (tertiary/aromatic N) is 3. The van der Waals surface area contributed by atoms with Crippen LogP contribution in [0.1, 0.15) is 5.56 Å². The molecule has 2 N–H and O–H groups in total. The molecule has 4 aromatic rings. The molecule has 0 bridgehead atoms. The van der Waals surface area contributed by atoms with Crippen molar-refractivity contribution < 1.29 is 14.6 Å². The second-order valence-electron chi connectivity index (χ2n) is 6.16. The topological polar surface area (TPSA) is 106 Å². The lowest BCUT2D eigenvalue weighted by atomic mass is 10.2. The van der Waals surface area contributed by atoms with Gasteiger partial charge < -0.3 is 15.2 Å². The standard InChI is InChI=1S/C21H16N4O4/c1-29-17-5-3-11-25-20(17)24-19(15(21(25)28)7-9-18(26)27)23-14-6-8-16-13(12-14)4-2-10-22-16/h2-12,23H,1H3,(H,26,27). The molecule has 0 atom stereocenters. The van der Waals surface area contributed by atoms with Crippen LogP contribution < -0.4 is 15.6 Å². The van der Waals surface area contributed by atoms with E-state index in [0.717, 1.165) is 17.0 Å². The second kappa shape index (κ2) is 7.43. The van der Waals surface area contributed by atoms with E-state index in [0.29, 0.717) is 17.1 Å². The van der Waals surface area contributed by atoms with Crippen LogP contribution in [0.2, 0.25) is 0 Å². The molecule has 3 heterocycles. The lowest BCUT2D eigenvalue weighted by molar-refractivity contribution is -0.131. The Morgan fingerprint density at radius 1 is 1.24 bits per heavy atom. The number of aliphatic carboxylic acids is 1. The Morgan fingerprint density at radius 3 is 2.90 bits per heavy atom. The summed E-state index contributed by atoms with van der Waals surface area (Å²) in [5, 5.41) is 13.0. The summed E-state index contributed by atoms with van der Waals surface area (Å²) in [6.45, 7) is 0. The van der Waals surface area contributed by atoms with Crippen LogP contribution in [0.15, 0.2) is 65.7 Å². The van der Waals surface area contributed by atoms with E-state index in [1.54, 1.807) is 24.5 Å². The fourth-order valence-electron chi connectivity index (χ4n) is 3.00. The quantitative estimate of drug-likeness (QED) is 0.506. The Kier molecular flexibility index (Phi) is 4.66. The van der Waals surface area contributed by atoms with Gasteiger partial charge in [0.2, 0.25) is 0 Å². The van der Waals surface area contributed by atoms with Gasteiger partial charge in [0, 0.05) is 29.5 Å². The summed E-state index contributed by atoms with van der Waals surface area (Å²) >= 11 is 0. The smallest absolute Gasteiger partial charge is 0.328 e. The molecule has 0 aliphatic rings. The van der Waals surface area contributed by atoms with Crippen LogP contribution in [0.5, 0.6) is 5.75 Å². The van der Waals surface area contributed by atoms with Crippen LogP contribution in [0.4, 0.5) is 11.5 Å². The number of methoxy groups -OCH3 is 1. The van der Waals surface area contributed by atoms with Crippen molar-refractivity contribution in [2.75, 3.05) is 12.4 Å². The molecule has 0 fully saturated rings. The van der Waals surface area contributed by atoms with Crippen molar-refractivity contribution in [3.8, 4) is 5.75 Å². The van der Waals surface area contributed by atoms with Gasteiger partial charge in [-0.15, -0.1) is 0 Å². The highest BCUT2D eigenvalue weighted by Gasteiger charge is 2.14.